The van der Waals surface area contributed by atoms with Crippen molar-refractivity contribution in [3.05, 3.63) is 5.01 Å². The van der Waals surface area contributed by atoms with Crippen molar-refractivity contribution in [2.75, 3.05) is 6.54 Å². The van der Waals surface area contributed by atoms with Crippen LogP contribution in [-0.2, 0) is 0 Å². The van der Waals surface area contributed by atoms with Crippen LogP contribution in [0.4, 0.5) is 0 Å². The topological polar surface area (TPSA) is 37.8 Å². The van der Waals surface area contributed by atoms with Crippen LogP contribution < -0.4 is 5.32 Å². The minimum absolute atomic E-state index is 0.648. The van der Waals surface area contributed by atoms with Crippen molar-refractivity contribution < 1.29 is 0 Å². The van der Waals surface area contributed by atoms with Crippen molar-refractivity contribution in [1.82, 2.24) is 15.5 Å². The van der Waals surface area contributed by atoms with Crippen molar-refractivity contribution in [1.29, 1.82) is 0 Å². The van der Waals surface area contributed by atoms with Crippen LogP contribution in [0.1, 0.15) is 56.9 Å². The maximum atomic E-state index is 4.28. The average molecular weight is 300 g/mol. The number of nitrogens with zero attached hydrogens (tertiary/aromatic N) is 2. The van der Waals surface area contributed by atoms with Gasteiger partial charge < -0.3 is 5.32 Å². The molecule has 2 unspecified atom stereocenters. The number of rotatable bonds is 5. The molecular formula is C14H25N3S2. The summed E-state index contributed by atoms with van der Waals surface area (Å²) >= 11 is 3.68. The lowest BCUT2D eigenvalue weighted by Crippen LogP contribution is -2.39. The molecule has 1 heterocycles. The smallest absolute Gasteiger partial charge is 0.174 e. The Bertz CT molecular complexity index is 365. The number of thioether (sulfide) groups is 1. The van der Waals surface area contributed by atoms with Gasteiger partial charge in [0, 0.05) is 11.3 Å². The van der Waals surface area contributed by atoms with E-state index < -0.39 is 0 Å². The van der Waals surface area contributed by atoms with Crippen LogP contribution in [0.15, 0.2) is 4.34 Å². The van der Waals surface area contributed by atoms with Crippen LogP contribution in [0, 0.1) is 6.92 Å². The molecule has 1 saturated carbocycles. The Labute approximate surface area is 125 Å². The van der Waals surface area contributed by atoms with E-state index in [1.54, 1.807) is 11.3 Å². The minimum atomic E-state index is 0.648. The van der Waals surface area contributed by atoms with Gasteiger partial charge in [-0.1, -0.05) is 55.7 Å². The van der Waals surface area contributed by atoms with E-state index in [2.05, 4.69) is 22.4 Å². The normalized spacial score (nSPS) is 24.9. The summed E-state index contributed by atoms with van der Waals surface area (Å²) in [5.74, 6) is 0. The van der Waals surface area contributed by atoms with E-state index in [0.29, 0.717) is 11.3 Å². The molecule has 0 aromatic carbocycles. The molecule has 1 aliphatic carbocycles. The van der Waals surface area contributed by atoms with Crippen molar-refractivity contribution in [2.45, 2.75) is 74.4 Å². The van der Waals surface area contributed by atoms with Gasteiger partial charge in [-0.25, -0.2) is 0 Å². The van der Waals surface area contributed by atoms with Crippen LogP contribution in [0.25, 0.3) is 0 Å². The van der Waals surface area contributed by atoms with Gasteiger partial charge in [0.2, 0.25) is 0 Å². The lowest BCUT2D eigenvalue weighted by atomic mass is 9.96. The van der Waals surface area contributed by atoms with Gasteiger partial charge in [0.05, 0.1) is 0 Å². The van der Waals surface area contributed by atoms with Crippen molar-refractivity contribution in [3.63, 3.8) is 0 Å². The van der Waals surface area contributed by atoms with Crippen LogP contribution >= 0.6 is 23.1 Å². The number of hydrogen-bond donors (Lipinski definition) is 1. The fraction of sp³-hybridized carbons (Fsp3) is 0.857. The van der Waals surface area contributed by atoms with Gasteiger partial charge in [-0.05, 0) is 32.7 Å². The van der Waals surface area contributed by atoms with Gasteiger partial charge in [-0.15, -0.1) is 10.2 Å². The molecule has 0 radical (unpaired) electrons. The predicted octanol–water partition coefficient (Wildman–Crippen LogP) is 4.03. The monoisotopic (exact) mass is 299 g/mol. The van der Waals surface area contributed by atoms with E-state index in [1.165, 1.54) is 44.9 Å². The second-order valence-corrected chi connectivity index (χ2v) is 7.96. The molecule has 3 nitrogen and oxygen atoms in total. The van der Waals surface area contributed by atoms with Crippen molar-refractivity contribution in [2.24, 2.45) is 0 Å². The van der Waals surface area contributed by atoms with Gasteiger partial charge >= 0.3 is 0 Å². The molecule has 0 amide bonds. The Morgan fingerprint density at radius 3 is 2.68 bits per heavy atom. The van der Waals surface area contributed by atoms with Crippen LogP contribution in [-0.4, -0.2) is 28.0 Å². The van der Waals surface area contributed by atoms with Crippen LogP contribution in [0.2, 0.25) is 0 Å². The van der Waals surface area contributed by atoms with E-state index in [1.807, 2.05) is 18.7 Å². The van der Waals surface area contributed by atoms with Gasteiger partial charge in [0.25, 0.3) is 0 Å². The molecule has 1 aliphatic rings. The number of hydrogen-bond acceptors (Lipinski definition) is 5. The van der Waals surface area contributed by atoms with E-state index in [-0.39, 0.29) is 0 Å². The molecule has 2 rings (SSSR count). The zero-order valence-corrected chi connectivity index (χ0v) is 13.7. The van der Waals surface area contributed by atoms with Crippen LogP contribution in [0.5, 0.6) is 0 Å². The molecule has 2 atom stereocenters. The van der Waals surface area contributed by atoms with Gasteiger partial charge in [-0.2, -0.15) is 0 Å². The number of nitrogens with one attached hydrogen (secondary N) is 1. The first kappa shape index (κ1) is 15.3. The second kappa shape index (κ2) is 8.22. The molecule has 108 valence electrons. The first-order chi connectivity index (χ1) is 9.29. The van der Waals surface area contributed by atoms with E-state index in [0.717, 1.165) is 15.9 Å². The summed E-state index contributed by atoms with van der Waals surface area (Å²) in [4.78, 5) is 0. The summed E-state index contributed by atoms with van der Waals surface area (Å²) < 4.78 is 1.14. The lowest BCUT2D eigenvalue weighted by molar-refractivity contribution is 0.400. The summed E-state index contributed by atoms with van der Waals surface area (Å²) in [6, 6.07) is 0.648. The van der Waals surface area contributed by atoms with Crippen molar-refractivity contribution >= 4 is 23.1 Å². The highest BCUT2D eigenvalue weighted by atomic mass is 32.2. The number of aryl methyl sites for hydroxylation is 1. The van der Waals surface area contributed by atoms with Crippen LogP contribution in [0.3, 0.4) is 0 Å². The summed E-state index contributed by atoms with van der Waals surface area (Å²) in [6.07, 6.45) is 9.37. The summed E-state index contributed by atoms with van der Waals surface area (Å²) in [6.45, 7) is 5.41. The maximum absolute atomic E-state index is 4.28. The first-order valence-corrected chi connectivity index (χ1v) is 9.19. The summed E-state index contributed by atoms with van der Waals surface area (Å²) in [5.41, 5.74) is 0. The quantitative estimate of drug-likeness (QED) is 0.891. The molecule has 1 aromatic rings. The fourth-order valence-electron chi connectivity index (χ4n) is 2.61. The molecule has 1 aromatic heterocycles. The third kappa shape index (κ3) is 5.04. The SMILES string of the molecule is CCCNC1CCCCCCC1Sc1nnc(C)s1. The Morgan fingerprint density at radius 2 is 2.00 bits per heavy atom. The molecule has 5 heteroatoms. The number of aromatic nitrogens is 2. The fourth-order valence-corrected chi connectivity index (χ4v) is 4.98. The summed E-state index contributed by atoms with van der Waals surface area (Å²) in [5, 5.41) is 13.9. The summed E-state index contributed by atoms with van der Waals surface area (Å²) in [7, 11) is 0. The lowest BCUT2D eigenvalue weighted by Gasteiger charge is -2.29. The minimum Gasteiger partial charge on any atom is -0.313 e. The molecule has 0 saturated heterocycles. The highest BCUT2D eigenvalue weighted by Gasteiger charge is 2.24. The Balaban J connectivity index is 1.97. The molecule has 0 spiro atoms. The molecule has 0 bridgehead atoms. The standard InChI is InChI=1S/C14H25N3S2/c1-3-10-15-12-8-6-4-5-7-9-13(12)19-14-17-16-11(2)18-14/h12-13,15H,3-10H2,1-2H3. The van der Waals surface area contributed by atoms with Gasteiger partial charge in [0.15, 0.2) is 4.34 Å². The largest absolute Gasteiger partial charge is 0.313 e. The Kier molecular flexibility index (Phi) is 6.61. The highest BCUT2D eigenvalue weighted by molar-refractivity contribution is 8.01. The van der Waals surface area contributed by atoms with Gasteiger partial charge in [0.1, 0.15) is 5.01 Å². The maximum Gasteiger partial charge on any atom is 0.174 e. The van der Waals surface area contributed by atoms with E-state index in [4.69, 9.17) is 0 Å². The molecule has 0 aliphatic heterocycles. The van der Waals surface area contributed by atoms with E-state index >= 15 is 0 Å². The predicted molar refractivity (Wildman–Crippen MR) is 84.1 cm³/mol. The third-order valence-electron chi connectivity index (χ3n) is 3.62. The highest BCUT2D eigenvalue weighted by Crippen LogP contribution is 2.34. The zero-order chi connectivity index (χ0) is 13.5. The van der Waals surface area contributed by atoms with Gasteiger partial charge in [-0.3, -0.25) is 0 Å². The second-order valence-electron chi connectivity index (χ2n) is 5.30. The molecule has 19 heavy (non-hydrogen) atoms. The average Bonchev–Trinajstić information content (AvgIpc) is 2.78. The molecule has 1 N–H and O–H groups in total. The zero-order valence-electron chi connectivity index (χ0n) is 12.0. The third-order valence-corrected chi connectivity index (χ3v) is 5.94. The van der Waals surface area contributed by atoms with Crippen molar-refractivity contribution in [3.8, 4) is 0 Å². The Morgan fingerprint density at radius 1 is 1.21 bits per heavy atom. The van der Waals surface area contributed by atoms with E-state index in [9.17, 15) is 0 Å². The molecule has 1 fully saturated rings. The molecular weight excluding hydrogens is 274 g/mol. The first-order valence-electron chi connectivity index (χ1n) is 7.49. The Hall–Kier alpha value is -0.130.